The van der Waals surface area contributed by atoms with Crippen molar-refractivity contribution in [3.63, 3.8) is 0 Å². The highest BCUT2D eigenvalue weighted by Gasteiger charge is 2.32. The first-order valence-electron chi connectivity index (χ1n) is 8.45. The van der Waals surface area contributed by atoms with Gasteiger partial charge in [-0.3, -0.25) is 4.79 Å². The van der Waals surface area contributed by atoms with Gasteiger partial charge in [0.15, 0.2) is 0 Å². The lowest BCUT2D eigenvalue weighted by atomic mass is 10.1. The zero-order valence-corrected chi connectivity index (χ0v) is 14.9. The number of aromatic nitrogens is 1. The van der Waals surface area contributed by atoms with Crippen molar-refractivity contribution in [1.29, 1.82) is 0 Å². The minimum absolute atomic E-state index is 0.128. The zero-order chi connectivity index (χ0) is 20.3. The molecule has 0 saturated carbocycles. The van der Waals surface area contributed by atoms with Gasteiger partial charge in [-0.15, -0.1) is 0 Å². The molecule has 1 atom stereocenters. The van der Waals surface area contributed by atoms with Crippen molar-refractivity contribution in [3.8, 4) is 5.88 Å². The second-order valence-electron chi connectivity index (χ2n) is 6.23. The number of hydrogen-bond acceptors (Lipinski definition) is 5. The van der Waals surface area contributed by atoms with E-state index in [1.54, 1.807) is 4.90 Å². The summed E-state index contributed by atoms with van der Waals surface area (Å²) in [6.07, 6.45) is -3.41. The molecular weight excluding hydrogens is 377 g/mol. The van der Waals surface area contributed by atoms with Crippen LogP contribution in [0.15, 0.2) is 42.6 Å². The van der Waals surface area contributed by atoms with Crippen molar-refractivity contribution in [1.82, 2.24) is 9.88 Å². The molecule has 28 heavy (non-hydrogen) atoms. The molecule has 0 bridgehead atoms. The fraction of sp³-hybridized carbons (Fsp3) is 0.316. The number of hydrogen-bond donors (Lipinski definition) is 0. The van der Waals surface area contributed by atoms with Gasteiger partial charge in [0.25, 0.3) is 5.91 Å². The molecule has 9 heteroatoms. The molecule has 1 aromatic heterocycles. The number of carbonyl (C=O) groups excluding carboxylic acids is 2. The van der Waals surface area contributed by atoms with Gasteiger partial charge in [0, 0.05) is 30.8 Å². The van der Waals surface area contributed by atoms with Crippen molar-refractivity contribution < 1.29 is 32.2 Å². The van der Waals surface area contributed by atoms with Crippen LogP contribution >= 0.6 is 0 Å². The van der Waals surface area contributed by atoms with Gasteiger partial charge in [0.2, 0.25) is 5.88 Å². The van der Waals surface area contributed by atoms with Gasteiger partial charge >= 0.3 is 12.1 Å². The van der Waals surface area contributed by atoms with E-state index in [9.17, 15) is 22.8 Å². The molecule has 2 aromatic rings. The Morgan fingerprint density at radius 3 is 2.46 bits per heavy atom. The number of nitrogens with zero attached hydrogens (tertiary/aromatic N) is 2. The third-order valence-corrected chi connectivity index (χ3v) is 4.33. The highest BCUT2D eigenvalue weighted by Crippen LogP contribution is 2.31. The Morgan fingerprint density at radius 2 is 1.82 bits per heavy atom. The SMILES string of the molecule is COC(=O)c1ccc(C(=O)N2CC[C@@H](Oc3cc(C(F)(F)F)ccn3)C2)cc1. The van der Waals surface area contributed by atoms with Gasteiger partial charge in [0.1, 0.15) is 6.10 Å². The van der Waals surface area contributed by atoms with E-state index in [0.29, 0.717) is 24.1 Å². The molecule has 1 fully saturated rings. The number of amides is 1. The van der Waals surface area contributed by atoms with Gasteiger partial charge in [-0.1, -0.05) is 0 Å². The summed E-state index contributed by atoms with van der Waals surface area (Å²) in [6, 6.07) is 7.75. The molecule has 3 rings (SSSR count). The number of halogens is 3. The van der Waals surface area contributed by atoms with E-state index in [1.165, 1.54) is 31.4 Å². The van der Waals surface area contributed by atoms with Crippen molar-refractivity contribution in [2.75, 3.05) is 20.2 Å². The van der Waals surface area contributed by atoms with Gasteiger partial charge in [-0.25, -0.2) is 9.78 Å². The summed E-state index contributed by atoms with van der Waals surface area (Å²) in [4.78, 5) is 29.4. The molecule has 1 amide bonds. The summed E-state index contributed by atoms with van der Waals surface area (Å²) in [5.41, 5.74) is -0.114. The van der Waals surface area contributed by atoms with Gasteiger partial charge in [-0.2, -0.15) is 13.2 Å². The summed E-state index contributed by atoms with van der Waals surface area (Å²) in [6.45, 7) is 0.636. The van der Waals surface area contributed by atoms with E-state index >= 15 is 0 Å². The number of alkyl halides is 3. The number of rotatable bonds is 4. The molecule has 148 valence electrons. The number of ether oxygens (including phenoxy) is 2. The van der Waals surface area contributed by atoms with Gasteiger partial charge < -0.3 is 14.4 Å². The Kier molecular flexibility index (Phi) is 5.53. The molecule has 1 aromatic carbocycles. The monoisotopic (exact) mass is 394 g/mol. The maximum atomic E-state index is 12.8. The van der Waals surface area contributed by atoms with E-state index in [1.807, 2.05) is 0 Å². The summed E-state index contributed by atoms with van der Waals surface area (Å²) in [7, 11) is 1.27. The van der Waals surface area contributed by atoms with Crippen LogP contribution in [0.4, 0.5) is 13.2 Å². The third-order valence-electron chi connectivity index (χ3n) is 4.33. The van der Waals surface area contributed by atoms with Crippen LogP contribution in [0.5, 0.6) is 5.88 Å². The van der Waals surface area contributed by atoms with Gasteiger partial charge in [-0.05, 0) is 30.3 Å². The maximum absolute atomic E-state index is 12.8. The van der Waals surface area contributed by atoms with Crippen molar-refractivity contribution in [3.05, 3.63) is 59.3 Å². The lowest BCUT2D eigenvalue weighted by molar-refractivity contribution is -0.137. The number of esters is 1. The summed E-state index contributed by atoms with van der Waals surface area (Å²) < 4.78 is 48.5. The molecule has 2 heterocycles. The Labute approximate surface area is 158 Å². The first kappa shape index (κ1) is 19.7. The second kappa shape index (κ2) is 7.87. The Morgan fingerprint density at radius 1 is 1.14 bits per heavy atom. The first-order valence-corrected chi connectivity index (χ1v) is 8.45. The second-order valence-corrected chi connectivity index (χ2v) is 6.23. The summed E-state index contributed by atoms with van der Waals surface area (Å²) in [5, 5.41) is 0. The number of pyridine rings is 1. The van der Waals surface area contributed by atoms with Crippen LogP contribution in [0.25, 0.3) is 0 Å². The molecule has 1 saturated heterocycles. The molecule has 0 spiro atoms. The first-order chi connectivity index (χ1) is 13.3. The van der Waals surface area contributed by atoms with E-state index in [4.69, 9.17) is 4.74 Å². The average molecular weight is 394 g/mol. The highest BCUT2D eigenvalue weighted by molar-refractivity contribution is 5.96. The smallest absolute Gasteiger partial charge is 0.416 e. The van der Waals surface area contributed by atoms with Crippen LogP contribution in [-0.2, 0) is 10.9 Å². The Balaban J connectivity index is 1.62. The van der Waals surface area contributed by atoms with E-state index in [-0.39, 0.29) is 18.3 Å². The van der Waals surface area contributed by atoms with Crippen LogP contribution in [0.3, 0.4) is 0 Å². The Hall–Kier alpha value is -3.10. The van der Waals surface area contributed by atoms with Crippen molar-refractivity contribution in [2.24, 2.45) is 0 Å². The number of likely N-dealkylation sites (tertiary alicyclic amines) is 1. The number of methoxy groups -OCH3 is 1. The highest BCUT2D eigenvalue weighted by atomic mass is 19.4. The topological polar surface area (TPSA) is 68.7 Å². The maximum Gasteiger partial charge on any atom is 0.416 e. The normalized spacial score (nSPS) is 16.7. The molecule has 0 unspecified atom stereocenters. The standard InChI is InChI=1S/C19H17F3N2O4/c1-27-18(26)13-4-2-12(3-5-13)17(25)24-9-7-15(11-24)28-16-10-14(6-8-23-16)19(20,21)22/h2-6,8,10,15H,7,9,11H2,1H3/t15-/m1/s1. The largest absolute Gasteiger partial charge is 0.472 e. The van der Waals surface area contributed by atoms with Crippen molar-refractivity contribution >= 4 is 11.9 Å². The van der Waals surface area contributed by atoms with Crippen LogP contribution in [0.1, 0.15) is 32.7 Å². The lowest BCUT2D eigenvalue weighted by Crippen LogP contribution is -2.31. The molecule has 0 aliphatic carbocycles. The molecule has 0 N–H and O–H groups in total. The molecule has 1 aliphatic rings. The molecule has 0 radical (unpaired) electrons. The van der Waals surface area contributed by atoms with E-state index < -0.39 is 23.8 Å². The lowest BCUT2D eigenvalue weighted by Gasteiger charge is -2.17. The molecular formula is C19H17F3N2O4. The minimum atomic E-state index is -4.48. The zero-order valence-electron chi connectivity index (χ0n) is 14.9. The van der Waals surface area contributed by atoms with Crippen LogP contribution in [0, 0.1) is 0 Å². The minimum Gasteiger partial charge on any atom is -0.472 e. The number of carbonyl (C=O) groups is 2. The van der Waals surface area contributed by atoms with Crippen LogP contribution in [-0.4, -0.2) is 48.1 Å². The quantitative estimate of drug-likeness (QED) is 0.745. The fourth-order valence-electron chi connectivity index (χ4n) is 2.88. The van der Waals surface area contributed by atoms with Crippen molar-refractivity contribution in [2.45, 2.75) is 18.7 Å². The third kappa shape index (κ3) is 4.41. The molecule has 1 aliphatic heterocycles. The van der Waals surface area contributed by atoms with Crippen LogP contribution < -0.4 is 4.74 Å². The summed E-state index contributed by atoms with van der Waals surface area (Å²) >= 11 is 0. The summed E-state index contributed by atoms with van der Waals surface area (Å²) in [5.74, 6) is -0.877. The predicted molar refractivity (Wildman–Crippen MR) is 92.0 cm³/mol. The fourth-order valence-corrected chi connectivity index (χ4v) is 2.88. The average Bonchev–Trinajstić information content (AvgIpc) is 3.15. The van der Waals surface area contributed by atoms with Gasteiger partial charge in [0.05, 0.1) is 24.8 Å². The number of benzene rings is 1. The molecule has 6 nitrogen and oxygen atoms in total. The predicted octanol–water partition coefficient (Wildman–Crippen LogP) is 3.18. The van der Waals surface area contributed by atoms with E-state index in [2.05, 4.69) is 9.72 Å². The van der Waals surface area contributed by atoms with E-state index in [0.717, 1.165) is 18.3 Å². The van der Waals surface area contributed by atoms with Crippen LogP contribution in [0.2, 0.25) is 0 Å². The Bertz CT molecular complexity index is 868.